The van der Waals surface area contributed by atoms with Gasteiger partial charge in [-0.05, 0) is 41.7 Å². The Bertz CT molecular complexity index is 937. The number of hydrogen-bond acceptors (Lipinski definition) is 3. The van der Waals surface area contributed by atoms with E-state index in [1.54, 1.807) is 12.1 Å². The van der Waals surface area contributed by atoms with Gasteiger partial charge < -0.3 is 4.74 Å². The summed E-state index contributed by atoms with van der Waals surface area (Å²) in [5, 5.41) is 0. The number of unbranched alkanes of at least 4 members (excludes halogenated alkanes) is 4. The number of rotatable bonds is 11. The molecule has 0 unspecified atom stereocenters. The van der Waals surface area contributed by atoms with Crippen LogP contribution in [-0.4, -0.2) is 16.6 Å². The molecule has 0 saturated carbocycles. The first-order chi connectivity index (χ1) is 15.1. The summed E-state index contributed by atoms with van der Waals surface area (Å²) in [6, 6.07) is 14.5. The quantitative estimate of drug-likeness (QED) is 0.238. The second-order valence-electron chi connectivity index (χ2n) is 7.48. The molecular weight excluding hydrogens is 394 g/mol. The first kappa shape index (κ1) is 22.6. The summed E-state index contributed by atoms with van der Waals surface area (Å²) < 4.78 is 28.8. The topological polar surface area (TPSA) is 35.0 Å². The van der Waals surface area contributed by atoms with Gasteiger partial charge in [0.05, 0.1) is 0 Å². The lowest BCUT2D eigenvalue weighted by Gasteiger charge is -2.04. The summed E-state index contributed by atoms with van der Waals surface area (Å²) in [5.41, 5.74) is 4.09. The maximum absolute atomic E-state index is 12.2. The van der Waals surface area contributed by atoms with Gasteiger partial charge in [-0.3, -0.25) is 0 Å². The number of hydrogen-bond donors (Lipinski definition) is 0. The smallest absolute Gasteiger partial charge is 0.387 e. The van der Waals surface area contributed by atoms with Crippen molar-refractivity contribution in [3.8, 4) is 17.1 Å². The molecule has 0 atom stereocenters. The molecule has 3 aromatic rings. The van der Waals surface area contributed by atoms with Gasteiger partial charge in [0.15, 0.2) is 5.82 Å². The molecule has 0 spiro atoms. The molecule has 0 bridgehead atoms. The maximum atomic E-state index is 12.2. The van der Waals surface area contributed by atoms with E-state index in [-0.39, 0.29) is 5.75 Å². The molecule has 5 heteroatoms. The zero-order valence-corrected chi connectivity index (χ0v) is 17.8. The van der Waals surface area contributed by atoms with E-state index in [0.29, 0.717) is 0 Å². The van der Waals surface area contributed by atoms with Crippen molar-refractivity contribution in [2.24, 2.45) is 0 Å². The molecule has 0 aliphatic carbocycles. The highest BCUT2D eigenvalue weighted by Gasteiger charge is 2.04. The lowest BCUT2D eigenvalue weighted by atomic mass is 10.1. The van der Waals surface area contributed by atoms with Crippen LogP contribution >= 0.6 is 0 Å². The van der Waals surface area contributed by atoms with Crippen LogP contribution in [0.5, 0.6) is 5.75 Å². The minimum Gasteiger partial charge on any atom is -0.435 e. The van der Waals surface area contributed by atoms with Crippen molar-refractivity contribution < 1.29 is 13.5 Å². The van der Waals surface area contributed by atoms with Gasteiger partial charge in [-0.25, -0.2) is 9.97 Å². The standard InChI is InChI=1S/C26H28F2N2O/c1-2-3-4-5-6-7-22-18-29-25(30-19-22)23-14-10-20(11-15-23)8-9-21-12-16-24(17-13-21)31-26(27)28/h8-19,26H,2-7H2,1H3. The van der Waals surface area contributed by atoms with E-state index in [9.17, 15) is 8.78 Å². The van der Waals surface area contributed by atoms with Crippen molar-refractivity contribution in [2.45, 2.75) is 52.1 Å². The fourth-order valence-electron chi connectivity index (χ4n) is 3.26. The summed E-state index contributed by atoms with van der Waals surface area (Å²) in [4.78, 5) is 9.04. The third-order valence-electron chi connectivity index (χ3n) is 5.02. The number of alkyl halides is 2. The average molecular weight is 423 g/mol. The lowest BCUT2D eigenvalue weighted by Crippen LogP contribution is -2.01. The zero-order valence-electron chi connectivity index (χ0n) is 17.8. The average Bonchev–Trinajstić information content (AvgIpc) is 2.79. The molecule has 31 heavy (non-hydrogen) atoms. The Balaban J connectivity index is 1.54. The van der Waals surface area contributed by atoms with E-state index in [1.165, 1.54) is 49.8 Å². The first-order valence-electron chi connectivity index (χ1n) is 10.8. The fourth-order valence-corrected chi connectivity index (χ4v) is 3.26. The van der Waals surface area contributed by atoms with E-state index in [2.05, 4.69) is 21.6 Å². The van der Waals surface area contributed by atoms with Crippen LogP contribution in [0.25, 0.3) is 23.5 Å². The van der Waals surface area contributed by atoms with Crippen LogP contribution in [0.3, 0.4) is 0 Å². The van der Waals surface area contributed by atoms with Crippen molar-refractivity contribution in [3.63, 3.8) is 0 Å². The van der Waals surface area contributed by atoms with Gasteiger partial charge in [-0.1, -0.05) is 81.2 Å². The van der Waals surface area contributed by atoms with E-state index in [1.807, 2.05) is 48.8 Å². The van der Waals surface area contributed by atoms with Gasteiger partial charge in [0.2, 0.25) is 0 Å². The van der Waals surface area contributed by atoms with Crippen molar-refractivity contribution in [3.05, 3.63) is 77.6 Å². The van der Waals surface area contributed by atoms with Crippen LogP contribution < -0.4 is 4.74 Å². The number of halogens is 2. The van der Waals surface area contributed by atoms with Crippen LogP contribution in [0, 0.1) is 0 Å². The van der Waals surface area contributed by atoms with Gasteiger partial charge in [-0.15, -0.1) is 0 Å². The van der Waals surface area contributed by atoms with E-state index >= 15 is 0 Å². The monoisotopic (exact) mass is 422 g/mol. The van der Waals surface area contributed by atoms with Crippen molar-refractivity contribution in [1.29, 1.82) is 0 Å². The Kier molecular flexibility index (Phi) is 8.71. The molecule has 0 N–H and O–H groups in total. The number of aryl methyl sites for hydroxylation is 1. The third-order valence-corrected chi connectivity index (χ3v) is 5.02. The molecule has 0 aliphatic heterocycles. The molecule has 0 saturated heterocycles. The van der Waals surface area contributed by atoms with Crippen LogP contribution in [0.2, 0.25) is 0 Å². The van der Waals surface area contributed by atoms with Crippen LogP contribution in [0.15, 0.2) is 60.9 Å². The summed E-state index contributed by atoms with van der Waals surface area (Å²) in [5.74, 6) is 0.874. The number of ether oxygens (including phenoxy) is 1. The van der Waals surface area contributed by atoms with Crippen LogP contribution in [-0.2, 0) is 6.42 Å². The molecule has 0 radical (unpaired) electrons. The normalized spacial score (nSPS) is 11.4. The number of nitrogens with zero attached hydrogens (tertiary/aromatic N) is 2. The first-order valence-corrected chi connectivity index (χ1v) is 10.8. The number of benzene rings is 2. The molecular formula is C26H28F2N2O. The van der Waals surface area contributed by atoms with Crippen molar-refractivity contribution in [2.75, 3.05) is 0 Å². The largest absolute Gasteiger partial charge is 0.435 e. The Morgan fingerprint density at radius 3 is 1.97 bits per heavy atom. The zero-order chi connectivity index (χ0) is 21.9. The van der Waals surface area contributed by atoms with E-state index in [0.717, 1.165) is 28.9 Å². The molecule has 0 aliphatic rings. The molecule has 3 nitrogen and oxygen atoms in total. The molecule has 0 fully saturated rings. The van der Waals surface area contributed by atoms with Gasteiger partial charge in [0, 0.05) is 18.0 Å². The molecule has 1 heterocycles. The summed E-state index contributed by atoms with van der Waals surface area (Å²) >= 11 is 0. The molecule has 2 aromatic carbocycles. The maximum Gasteiger partial charge on any atom is 0.387 e. The third kappa shape index (κ3) is 7.59. The highest BCUT2D eigenvalue weighted by molar-refractivity contribution is 5.71. The van der Waals surface area contributed by atoms with Gasteiger partial charge in [0.25, 0.3) is 0 Å². The highest BCUT2D eigenvalue weighted by Crippen LogP contribution is 2.19. The summed E-state index contributed by atoms with van der Waals surface area (Å²) in [7, 11) is 0. The Hall–Kier alpha value is -3.08. The molecule has 0 amide bonds. The summed E-state index contributed by atoms with van der Waals surface area (Å²) in [6.45, 7) is -0.583. The van der Waals surface area contributed by atoms with Crippen molar-refractivity contribution >= 4 is 12.2 Å². The molecule has 1 aromatic heterocycles. The predicted octanol–water partition coefficient (Wildman–Crippen LogP) is 7.43. The minimum absolute atomic E-state index is 0.152. The van der Waals surface area contributed by atoms with Gasteiger partial charge in [-0.2, -0.15) is 8.78 Å². The highest BCUT2D eigenvalue weighted by atomic mass is 19.3. The van der Waals surface area contributed by atoms with Gasteiger partial charge in [0.1, 0.15) is 5.75 Å². The summed E-state index contributed by atoms with van der Waals surface area (Å²) in [6.07, 6.45) is 15.1. The Morgan fingerprint density at radius 1 is 0.806 bits per heavy atom. The van der Waals surface area contributed by atoms with Crippen molar-refractivity contribution in [1.82, 2.24) is 9.97 Å². The van der Waals surface area contributed by atoms with Crippen LogP contribution in [0.4, 0.5) is 8.78 Å². The van der Waals surface area contributed by atoms with E-state index < -0.39 is 6.61 Å². The lowest BCUT2D eigenvalue weighted by molar-refractivity contribution is -0.0498. The Morgan fingerprint density at radius 2 is 1.39 bits per heavy atom. The predicted molar refractivity (Wildman–Crippen MR) is 122 cm³/mol. The minimum atomic E-state index is -2.81. The van der Waals surface area contributed by atoms with Gasteiger partial charge >= 0.3 is 6.61 Å². The SMILES string of the molecule is CCCCCCCc1cnc(-c2ccc(C=Cc3ccc(OC(F)F)cc3)cc2)nc1. The second-order valence-corrected chi connectivity index (χ2v) is 7.48. The van der Waals surface area contributed by atoms with E-state index in [4.69, 9.17) is 0 Å². The Labute approximate surface area is 182 Å². The fraction of sp³-hybridized carbons (Fsp3) is 0.308. The number of aromatic nitrogens is 2. The molecule has 3 rings (SSSR count). The van der Waals surface area contributed by atoms with Crippen LogP contribution in [0.1, 0.15) is 55.7 Å². The molecule has 162 valence electrons. The second kappa shape index (κ2) is 11.9.